The second-order valence-corrected chi connectivity index (χ2v) is 3.90. The summed E-state index contributed by atoms with van der Waals surface area (Å²) in [4.78, 5) is 8.10. The minimum absolute atomic E-state index is 0.167. The monoisotopic (exact) mass is 224 g/mol. The Morgan fingerprint density at radius 3 is 1.10 bits per heavy atom. The molecule has 0 aromatic heterocycles. The zero-order valence-electron chi connectivity index (χ0n) is 5.57. The van der Waals surface area contributed by atoms with Crippen molar-refractivity contribution in [2.45, 2.75) is 23.5 Å². The summed E-state index contributed by atoms with van der Waals surface area (Å²) in [6.45, 7) is 3.06. The van der Waals surface area contributed by atoms with E-state index in [1.54, 1.807) is 0 Å². The Balaban J connectivity index is 0. The minimum atomic E-state index is -0.673. The van der Waals surface area contributed by atoms with Gasteiger partial charge >= 0.3 is 0 Å². The van der Waals surface area contributed by atoms with Gasteiger partial charge in [-0.05, 0) is 13.8 Å². The van der Waals surface area contributed by atoms with Gasteiger partial charge in [-0.25, -0.2) is 0 Å². The van der Waals surface area contributed by atoms with Crippen molar-refractivity contribution in [1.29, 1.82) is 0 Å². The van der Waals surface area contributed by atoms with Crippen LogP contribution < -0.4 is 0 Å². The largest absolute Gasteiger partial charge is 0.300 e. The van der Waals surface area contributed by atoms with Crippen molar-refractivity contribution in [3.8, 4) is 0 Å². The standard InChI is InChI=1S/C3H6O.C2H2Cl4/c1-3(2)4;3-1(4)2(5)6/h1-2H3;1-2H. The summed E-state index contributed by atoms with van der Waals surface area (Å²) in [5.74, 6) is 0.167. The average Bonchev–Trinajstić information content (AvgIpc) is 1.63. The van der Waals surface area contributed by atoms with Crippen LogP contribution in [0.3, 0.4) is 0 Å². The summed E-state index contributed by atoms with van der Waals surface area (Å²) >= 11 is 20.5. The number of rotatable bonds is 1. The molecule has 62 valence electrons. The molecule has 0 aliphatic rings. The molecule has 0 aromatic rings. The fourth-order valence-corrected chi connectivity index (χ4v) is 0. The second-order valence-electron chi connectivity index (χ2n) is 1.58. The Kier molecular flexibility index (Phi) is 10.6. The van der Waals surface area contributed by atoms with Crippen LogP contribution in [0.15, 0.2) is 0 Å². The van der Waals surface area contributed by atoms with Crippen LogP contribution in [-0.2, 0) is 4.79 Å². The smallest absolute Gasteiger partial charge is 0.137 e. The van der Waals surface area contributed by atoms with E-state index in [2.05, 4.69) is 0 Å². The maximum Gasteiger partial charge on any atom is 0.137 e. The number of alkyl halides is 4. The van der Waals surface area contributed by atoms with Crippen LogP contribution in [0.4, 0.5) is 0 Å². The zero-order valence-corrected chi connectivity index (χ0v) is 8.60. The van der Waals surface area contributed by atoms with Gasteiger partial charge in [0.05, 0.1) is 0 Å². The SMILES string of the molecule is CC(C)=O.ClC(Cl)C(Cl)Cl. The van der Waals surface area contributed by atoms with Crippen LogP contribution in [0, 0.1) is 0 Å². The van der Waals surface area contributed by atoms with Gasteiger partial charge in [0.25, 0.3) is 0 Å². The summed E-state index contributed by atoms with van der Waals surface area (Å²) < 4.78 is 0. The van der Waals surface area contributed by atoms with Gasteiger partial charge in [0.2, 0.25) is 0 Å². The molecule has 0 N–H and O–H groups in total. The lowest BCUT2D eigenvalue weighted by atomic mass is 10.6. The van der Waals surface area contributed by atoms with Gasteiger partial charge in [-0.1, -0.05) is 0 Å². The molecule has 0 bridgehead atoms. The van der Waals surface area contributed by atoms with Crippen LogP contribution in [0.2, 0.25) is 0 Å². The van der Waals surface area contributed by atoms with E-state index in [4.69, 9.17) is 46.4 Å². The lowest BCUT2D eigenvalue weighted by molar-refractivity contribution is -0.114. The van der Waals surface area contributed by atoms with Gasteiger partial charge < -0.3 is 4.79 Å². The Bertz CT molecular complexity index is 81.6. The molecule has 10 heavy (non-hydrogen) atoms. The highest BCUT2D eigenvalue weighted by atomic mass is 35.5. The summed E-state index contributed by atoms with van der Waals surface area (Å²) in [5, 5.41) is 0. The summed E-state index contributed by atoms with van der Waals surface area (Å²) in [5.41, 5.74) is 0. The molecule has 1 nitrogen and oxygen atoms in total. The first-order valence-electron chi connectivity index (χ1n) is 2.41. The Labute approximate surface area is 80.6 Å². The molecule has 0 fully saturated rings. The van der Waals surface area contributed by atoms with Gasteiger partial charge in [0.1, 0.15) is 15.5 Å². The van der Waals surface area contributed by atoms with Gasteiger partial charge in [-0.15, -0.1) is 46.4 Å². The van der Waals surface area contributed by atoms with E-state index in [1.165, 1.54) is 13.8 Å². The predicted octanol–water partition coefficient (Wildman–Crippen LogP) is 3.19. The Morgan fingerprint density at radius 1 is 1.00 bits per heavy atom. The summed E-state index contributed by atoms with van der Waals surface area (Å²) in [7, 11) is 0. The predicted molar refractivity (Wildman–Crippen MR) is 47.3 cm³/mol. The maximum absolute atomic E-state index is 9.44. The number of hydrogen-bond acceptors (Lipinski definition) is 1. The minimum Gasteiger partial charge on any atom is -0.300 e. The second kappa shape index (κ2) is 7.93. The maximum atomic E-state index is 9.44. The van der Waals surface area contributed by atoms with Crippen molar-refractivity contribution in [1.82, 2.24) is 0 Å². The number of carbonyl (C=O) groups excluding carboxylic acids is 1. The first-order chi connectivity index (χ1) is 4.37. The van der Waals surface area contributed by atoms with Gasteiger partial charge in [-0.3, -0.25) is 0 Å². The van der Waals surface area contributed by atoms with Crippen LogP contribution >= 0.6 is 46.4 Å². The third kappa shape index (κ3) is 23.2. The third-order valence-electron chi connectivity index (χ3n) is 0.190. The topological polar surface area (TPSA) is 17.1 Å². The first-order valence-corrected chi connectivity index (χ1v) is 4.16. The molecule has 0 spiro atoms. The number of hydrogen-bond donors (Lipinski definition) is 0. The van der Waals surface area contributed by atoms with Crippen LogP contribution in [-0.4, -0.2) is 15.5 Å². The van der Waals surface area contributed by atoms with Gasteiger partial charge in [-0.2, -0.15) is 0 Å². The van der Waals surface area contributed by atoms with E-state index < -0.39 is 9.67 Å². The van der Waals surface area contributed by atoms with Crippen LogP contribution in [0.25, 0.3) is 0 Å². The molecule has 0 rings (SSSR count). The van der Waals surface area contributed by atoms with E-state index in [-0.39, 0.29) is 5.78 Å². The number of halogens is 4. The Hall–Kier alpha value is 0.830. The van der Waals surface area contributed by atoms with Crippen LogP contribution in [0.5, 0.6) is 0 Å². The molecular formula is C5H8Cl4O. The van der Waals surface area contributed by atoms with Crippen molar-refractivity contribution in [3.63, 3.8) is 0 Å². The first kappa shape index (κ1) is 13.4. The molecule has 0 unspecified atom stereocenters. The molecule has 0 atom stereocenters. The molecule has 0 heterocycles. The average molecular weight is 226 g/mol. The Morgan fingerprint density at radius 2 is 1.10 bits per heavy atom. The summed E-state index contributed by atoms with van der Waals surface area (Å²) in [6, 6.07) is 0. The molecule has 0 saturated heterocycles. The normalized spacial score (nSPS) is 9.20. The third-order valence-corrected chi connectivity index (χ3v) is 1.71. The molecule has 5 heteroatoms. The number of ketones is 1. The van der Waals surface area contributed by atoms with Crippen molar-refractivity contribution >= 4 is 52.2 Å². The van der Waals surface area contributed by atoms with E-state index in [0.717, 1.165) is 0 Å². The highest BCUT2D eigenvalue weighted by Gasteiger charge is 2.06. The molecule has 0 aromatic carbocycles. The van der Waals surface area contributed by atoms with Crippen LogP contribution in [0.1, 0.15) is 13.8 Å². The molecular weight excluding hydrogens is 218 g/mol. The van der Waals surface area contributed by atoms with Crippen molar-refractivity contribution in [3.05, 3.63) is 0 Å². The fourth-order valence-electron chi connectivity index (χ4n) is 0. The zero-order chi connectivity index (χ0) is 8.73. The lowest BCUT2D eigenvalue weighted by Gasteiger charge is -1.95. The molecule has 0 saturated carbocycles. The molecule has 0 radical (unpaired) electrons. The van der Waals surface area contributed by atoms with E-state index >= 15 is 0 Å². The van der Waals surface area contributed by atoms with Crippen molar-refractivity contribution < 1.29 is 4.79 Å². The highest BCUT2D eigenvalue weighted by molar-refractivity contribution is 6.56. The lowest BCUT2D eigenvalue weighted by Crippen LogP contribution is -1.96. The highest BCUT2D eigenvalue weighted by Crippen LogP contribution is 2.16. The number of carbonyl (C=O) groups is 1. The molecule has 0 aliphatic heterocycles. The van der Waals surface area contributed by atoms with E-state index in [9.17, 15) is 4.79 Å². The quantitative estimate of drug-likeness (QED) is 0.627. The van der Waals surface area contributed by atoms with Crippen molar-refractivity contribution in [2.75, 3.05) is 0 Å². The fraction of sp³-hybridized carbons (Fsp3) is 0.800. The molecule has 0 amide bonds. The van der Waals surface area contributed by atoms with Crippen molar-refractivity contribution in [2.24, 2.45) is 0 Å². The van der Waals surface area contributed by atoms with E-state index in [1.807, 2.05) is 0 Å². The van der Waals surface area contributed by atoms with E-state index in [0.29, 0.717) is 0 Å². The number of Topliss-reactive ketones (excluding diaryl/α,β-unsaturated/α-hetero) is 1. The van der Waals surface area contributed by atoms with Gasteiger partial charge in [0, 0.05) is 0 Å². The summed E-state index contributed by atoms with van der Waals surface area (Å²) in [6.07, 6.45) is 0. The molecule has 0 aliphatic carbocycles. The van der Waals surface area contributed by atoms with Gasteiger partial charge in [0.15, 0.2) is 0 Å².